The summed E-state index contributed by atoms with van der Waals surface area (Å²) < 4.78 is 0. The molecule has 2 atom stereocenters. The van der Waals surface area contributed by atoms with Crippen LogP contribution in [0.25, 0.3) is 0 Å². The van der Waals surface area contributed by atoms with Crippen LogP contribution in [0.3, 0.4) is 0 Å². The molecule has 0 aliphatic carbocycles. The Balaban J connectivity index is 1.54. The summed E-state index contributed by atoms with van der Waals surface area (Å²) in [7, 11) is 0. The van der Waals surface area contributed by atoms with Gasteiger partial charge in [-0.05, 0) is 44.0 Å². The molecule has 2 saturated heterocycles. The van der Waals surface area contributed by atoms with Crippen molar-refractivity contribution in [1.82, 2.24) is 20.5 Å². The van der Waals surface area contributed by atoms with Crippen LogP contribution in [-0.4, -0.2) is 53.9 Å². The van der Waals surface area contributed by atoms with Crippen LogP contribution < -0.4 is 10.6 Å². The Morgan fingerprint density at radius 3 is 3.10 bits per heavy atom. The molecule has 0 spiro atoms. The first-order valence-electron chi connectivity index (χ1n) is 7.16. The van der Waals surface area contributed by atoms with E-state index in [4.69, 9.17) is 0 Å². The van der Waals surface area contributed by atoms with Gasteiger partial charge in [-0.3, -0.25) is 19.8 Å². The highest BCUT2D eigenvalue weighted by atomic mass is 16.2. The summed E-state index contributed by atoms with van der Waals surface area (Å²) in [6.07, 6.45) is 4.02. The number of hydrogen-bond donors (Lipinski definition) is 3. The standard InChI is InChI=1S/C14H20N4O2/c19-13(17-14(20)11-4-1-5-16-11)9-18-6-2-3-10-7-15-8-12(10)18/h1,4-5,10,12,15-16H,2-3,6-9H2,(H,17,19,20). The maximum absolute atomic E-state index is 12.0. The molecule has 2 fully saturated rings. The molecular weight excluding hydrogens is 256 g/mol. The third-order valence-corrected chi connectivity index (χ3v) is 4.24. The van der Waals surface area contributed by atoms with Crippen LogP contribution in [-0.2, 0) is 4.79 Å². The number of likely N-dealkylation sites (tertiary alicyclic amines) is 1. The van der Waals surface area contributed by atoms with E-state index < -0.39 is 0 Å². The van der Waals surface area contributed by atoms with E-state index in [1.54, 1.807) is 18.3 Å². The Hall–Kier alpha value is -1.66. The molecule has 0 bridgehead atoms. The summed E-state index contributed by atoms with van der Waals surface area (Å²) in [6, 6.07) is 3.83. The van der Waals surface area contributed by atoms with E-state index in [1.165, 1.54) is 6.42 Å². The third-order valence-electron chi connectivity index (χ3n) is 4.24. The van der Waals surface area contributed by atoms with Gasteiger partial charge in [-0.15, -0.1) is 0 Å². The van der Waals surface area contributed by atoms with E-state index in [2.05, 4.69) is 20.5 Å². The fraction of sp³-hybridized carbons (Fsp3) is 0.571. The van der Waals surface area contributed by atoms with Crippen LogP contribution >= 0.6 is 0 Å². The van der Waals surface area contributed by atoms with Crippen LogP contribution in [0.5, 0.6) is 0 Å². The van der Waals surface area contributed by atoms with Gasteiger partial charge in [0, 0.05) is 18.8 Å². The van der Waals surface area contributed by atoms with Gasteiger partial charge in [0.2, 0.25) is 5.91 Å². The molecular formula is C14H20N4O2. The highest BCUT2D eigenvalue weighted by Crippen LogP contribution is 2.25. The minimum atomic E-state index is -0.363. The van der Waals surface area contributed by atoms with Gasteiger partial charge in [0.1, 0.15) is 5.69 Å². The molecule has 3 rings (SSSR count). The first-order valence-corrected chi connectivity index (χ1v) is 7.16. The number of fused-ring (bicyclic) bond motifs is 1. The van der Waals surface area contributed by atoms with Crippen LogP contribution in [0.1, 0.15) is 23.3 Å². The van der Waals surface area contributed by atoms with E-state index >= 15 is 0 Å². The summed E-state index contributed by atoms with van der Waals surface area (Å²) in [4.78, 5) is 28.8. The monoisotopic (exact) mass is 276 g/mol. The molecule has 0 saturated carbocycles. The lowest BCUT2D eigenvalue weighted by Crippen LogP contribution is -2.50. The maximum Gasteiger partial charge on any atom is 0.274 e. The van der Waals surface area contributed by atoms with Crippen molar-refractivity contribution in [2.45, 2.75) is 18.9 Å². The van der Waals surface area contributed by atoms with E-state index in [0.29, 0.717) is 24.2 Å². The topological polar surface area (TPSA) is 77.2 Å². The van der Waals surface area contributed by atoms with Crippen molar-refractivity contribution in [3.8, 4) is 0 Å². The Kier molecular flexibility index (Phi) is 3.84. The number of nitrogens with one attached hydrogen (secondary N) is 3. The molecule has 20 heavy (non-hydrogen) atoms. The number of H-pyrrole nitrogens is 1. The molecule has 108 valence electrons. The predicted octanol–water partition coefficient (Wildman–Crippen LogP) is -0.0451. The van der Waals surface area contributed by atoms with Crippen molar-refractivity contribution in [2.24, 2.45) is 5.92 Å². The molecule has 1 aromatic heterocycles. The smallest absolute Gasteiger partial charge is 0.274 e. The molecule has 1 aromatic rings. The number of carbonyl (C=O) groups is 2. The van der Waals surface area contributed by atoms with Gasteiger partial charge in [0.05, 0.1) is 6.54 Å². The maximum atomic E-state index is 12.0. The zero-order valence-electron chi connectivity index (χ0n) is 11.4. The van der Waals surface area contributed by atoms with Crippen LogP contribution in [0.4, 0.5) is 0 Å². The lowest BCUT2D eigenvalue weighted by Gasteiger charge is -2.36. The molecule has 2 aliphatic rings. The highest BCUT2D eigenvalue weighted by molar-refractivity contribution is 6.04. The van der Waals surface area contributed by atoms with Gasteiger partial charge in [0.25, 0.3) is 5.91 Å². The van der Waals surface area contributed by atoms with E-state index in [0.717, 1.165) is 26.1 Å². The summed E-state index contributed by atoms with van der Waals surface area (Å²) in [5, 5.41) is 5.82. The third kappa shape index (κ3) is 2.76. The first-order chi connectivity index (χ1) is 9.74. The molecule has 2 amide bonds. The van der Waals surface area contributed by atoms with E-state index in [-0.39, 0.29) is 11.8 Å². The van der Waals surface area contributed by atoms with Crippen molar-refractivity contribution < 1.29 is 9.59 Å². The lowest BCUT2D eigenvalue weighted by atomic mass is 9.92. The fourth-order valence-electron chi connectivity index (χ4n) is 3.25. The summed E-state index contributed by atoms with van der Waals surface area (Å²) in [6.45, 7) is 3.23. The zero-order valence-corrected chi connectivity index (χ0v) is 11.4. The Bertz CT molecular complexity index is 485. The number of aromatic amines is 1. The largest absolute Gasteiger partial charge is 0.357 e. The van der Waals surface area contributed by atoms with Crippen molar-refractivity contribution in [1.29, 1.82) is 0 Å². The Labute approximate surface area is 117 Å². The van der Waals surface area contributed by atoms with Crippen molar-refractivity contribution in [2.75, 3.05) is 26.2 Å². The quantitative estimate of drug-likeness (QED) is 0.724. The van der Waals surface area contributed by atoms with Crippen molar-refractivity contribution in [3.63, 3.8) is 0 Å². The Morgan fingerprint density at radius 1 is 1.40 bits per heavy atom. The number of piperidine rings is 1. The van der Waals surface area contributed by atoms with Gasteiger partial charge >= 0.3 is 0 Å². The van der Waals surface area contributed by atoms with Gasteiger partial charge in [-0.25, -0.2) is 0 Å². The normalized spacial score (nSPS) is 26.2. The second-order valence-electron chi connectivity index (χ2n) is 5.56. The molecule has 2 aliphatic heterocycles. The molecule has 3 N–H and O–H groups in total. The average Bonchev–Trinajstić information content (AvgIpc) is 3.10. The van der Waals surface area contributed by atoms with Gasteiger partial charge < -0.3 is 10.3 Å². The average molecular weight is 276 g/mol. The number of imide groups is 1. The second kappa shape index (κ2) is 5.76. The number of rotatable bonds is 3. The summed E-state index contributed by atoms with van der Waals surface area (Å²) >= 11 is 0. The number of hydrogen-bond acceptors (Lipinski definition) is 4. The number of aromatic nitrogens is 1. The van der Waals surface area contributed by atoms with Gasteiger partial charge in [-0.2, -0.15) is 0 Å². The highest BCUT2D eigenvalue weighted by Gasteiger charge is 2.35. The predicted molar refractivity (Wildman–Crippen MR) is 74.2 cm³/mol. The summed E-state index contributed by atoms with van der Waals surface area (Å²) in [5.41, 5.74) is 0.414. The molecule has 2 unspecified atom stereocenters. The minimum Gasteiger partial charge on any atom is -0.357 e. The first kappa shape index (κ1) is 13.3. The van der Waals surface area contributed by atoms with E-state index in [9.17, 15) is 9.59 Å². The second-order valence-corrected chi connectivity index (χ2v) is 5.56. The van der Waals surface area contributed by atoms with Gasteiger partial charge in [-0.1, -0.05) is 0 Å². The van der Waals surface area contributed by atoms with Gasteiger partial charge in [0.15, 0.2) is 0 Å². The molecule has 6 heteroatoms. The lowest BCUT2D eigenvalue weighted by molar-refractivity contribution is -0.122. The number of nitrogens with zero attached hydrogens (tertiary/aromatic N) is 1. The minimum absolute atomic E-state index is 0.225. The number of amides is 2. The van der Waals surface area contributed by atoms with Crippen LogP contribution in [0.2, 0.25) is 0 Å². The fourth-order valence-corrected chi connectivity index (χ4v) is 3.25. The molecule has 0 aromatic carbocycles. The van der Waals surface area contributed by atoms with Crippen molar-refractivity contribution >= 4 is 11.8 Å². The molecule has 3 heterocycles. The SMILES string of the molecule is O=C(CN1CCCC2CNCC21)NC(=O)c1ccc[nH]1. The number of carbonyl (C=O) groups excluding carboxylic acids is 2. The molecule has 0 radical (unpaired) electrons. The Morgan fingerprint density at radius 2 is 2.30 bits per heavy atom. The van der Waals surface area contributed by atoms with E-state index in [1.807, 2.05) is 0 Å². The molecule has 6 nitrogen and oxygen atoms in total. The van der Waals surface area contributed by atoms with Crippen LogP contribution in [0.15, 0.2) is 18.3 Å². The zero-order chi connectivity index (χ0) is 13.9. The summed E-state index contributed by atoms with van der Waals surface area (Å²) in [5.74, 6) is 0.0610. The van der Waals surface area contributed by atoms with Crippen molar-refractivity contribution in [3.05, 3.63) is 24.0 Å². The van der Waals surface area contributed by atoms with Crippen LogP contribution in [0, 0.1) is 5.92 Å².